The van der Waals surface area contributed by atoms with Crippen molar-refractivity contribution in [3.05, 3.63) is 45.7 Å². The maximum absolute atomic E-state index is 13.4. The number of hydrogen-bond acceptors (Lipinski definition) is 4. The van der Waals surface area contributed by atoms with Gasteiger partial charge in [-0.25, -0.2) is 9.37 Å². The molecular formula is C15H16FNO2S. The maximum Gasteiger partial charge on any atom is 0.171 e. The van der Waals surface area contributed by atoms with Crippen LogP contribution in [0.15, 0.2) is 24.3 Å². The zero-order valence-electron chi connectivity index (χ0n) is 11.5. The van der Waals surface area contributed by atoms with E-state index in [4.69, 9.17) is 4.74 Å². The molecule has 0 aliphatic carbocycles. The molecule has 1 aromatic heterocycles. The van der Waals surface area contributed by atoms with Crippen molar-refractivity contribution in [2.45, 2.75) is 26.7 Å². The Kier molecular flexibility index (Phi) is 4.84. The molecule has 1 aromatic carbocycles. The number of benzene rings is 1. The third kappa shape index (κ3) is 3.42. The first-order valence-corrected chi connectivity index (χ1v) is 7.30. The zero-order valence-corrected chi connectivity index (χ0v) is 12.3. The lowest BCUT2D eigenvalue weighted by atomic mass is 10.2. The number of para-hydroxylation sites is 1. The van der Waals surface area contributed by atoms with Crippen molar-refractivity contribution in [2.24, 2.45) is 0 Å². The molecule has 0 spiro atoms. The standard InChI is InChI=1S/C15H16FNO2S/c1-3-12-15(10(2)18)20-14(17-12)8-9-19-13-7-5-4-6-11(13)16/h4-7H,3,8-9H2,1-2H3. The molecule has 0 radical (unpaired) electrons. The first kappa shape index (κ1) is 14.7. The summed E-state index contributed by atoms with van der Waals surface area (Å²) in [6.45, 7) is 3.86. The number of halogens is 1. The molecule has 20 heavy (non-hydrogen) atoms. The van der Waals surface area contributed by atoms with Crippen molar-refractivity contribution < 1.29 is 13.9 Å². The van der Waals surface area contributed by atoms with E-state index in [1.54, 1.807) is 25.1 Å². The summed E-state index contributed by atoms with van der Waals surface area (Å²) in [5.41, 5.74) is 0.836. The van der Waals surface area contributed by atoms with Crippen molar-refractivity contribution in [3.63, 3.8) is 0 Å². The Morgan fingerprint density at radius 3 is 2.75 bits per heavy atom. The van der Waals surface area contributed by atoms with Crippen molar-refractivity contribution in [2.75, 3.05) is 6.61 Å². The summed E-state index contributed by atoms with van der Waals surface area (Å²) in [7, 11) is 0. The minimum absolute atomic E-state index is 0.0422. The van der Waals surface area contributed by atoms with Gasteiger partial charge in [-0.05, 0) is 18.6 Å². The smallest absolute Gasteiger partial charge is 0.171 e. The van der Waals surface area contributed by atoms with Crippen LogP contribution >= 0.6 is 11.3 Å². The summed E-state index contributed by atoms with van der Waals surface area (Å²) in [6, 6.07) is 6.30. The molecule has 0 bridgehead atoms. The Bertz CT molecular complexity index is 610. The summed E-state index contributed by atoms with van der Waals surface area (Å²) in [5, 5.41) is 0.850. The number of rotatable bonds is 6. The van der Waals surface area contributed by atoms with E-state index in [2.05, 4.69) is 4.98 Å². The molecule has 0 aliphatic rings. The molecule has 0 amide bonds. The number of carbonyl (C=O) groups is 1. The van der Waals surface area contributed by atoms with Crippen molar-refractivity contribution >= 4 is 17.1 Å². The van der Waals surface area contributed by atoms with Gasteiger partial charge < -0.3 is 4.74 Å². The largest absolute Gasteiger partial charge is 0.490 e. The van der Waals surface area contributed by atoms with Crippen LogP contribution in [-0.4, -0.2) is 17.4 Å². The van der Waals surface area contributed by atoms with E-state index >= 15 is 0 Å². The third-order valence-electron chi connectivity index (χ3n) is 2.81. The number of Topliss-reactive ketones (excluding diaryl/α,β-unsaturated/α-hetero) is 1. The highest BCUT2D eigenvalue weighted by Gasteiger charge is 2.13. The van der Waals surface area contributed by atoms with Crippen LogP contribution < -0.4 is 4.74 Å². The fourth-order valence-electron chi connectivity index (χ4n) is 1.83. The first-order valence-electron chi connectivity index (χ1n) is 6.48. The van der Waals surface area contributed by atoms with Crippen molar-refractivity contribution in [1.29, 1.82) is 0 Å². The van der Waals surface area contributed by atoms with E-state index < -0.39 is 0 Å². The van der Waals surface area contributed by atoms with E-state index in [1.165, 1.54) is 17.4 Å². The van der Waals surface area contributed by atoms with E-state index in [-0.39, 0.29) is 17.3 Å². The fourth-order valence-corrected chi connectivity index (χ4v) is 2.86. The minimum Gasteiger partial charge on any atom is -0.490 e. The highest BCUT2D eigenvalue weighted by Crippen LogP contribution is 2.21. The number of nitrogens with zero attached hydrogens (tertiary/aromatic N) is 1. The maximum atomic E-state index is 13.4. The highest BCUT2D eigenvalue weighted by molar-refractivity contribution is 7.13. The van der Waals surface area contributed by atoms with Gasteiger partial charge in [0.2, 0.25) is 0 Å². The average molecular weight is 293 g/mol. The molecule has 3 nitrogen and oxygen atoms in total. The van der Waals surface area contributed by atoms with Crippen LogP contribution in [0.25, 0.3) is 0 Å². The summed E-state index contributed by atoms with van der Waals surface area (Å²) >= 11 is 1.40. The number of hydrogen-bond donors (Lipinski definition) is 0. The van der Waals surface area contributed by atoms with E-state index in [1.807, 2.05) is 6.92 Å². The van der Waals surface area contributed by atoms with Gasteiger partial charge in [-0.1, -0.05) is 19.1 Å². The molecular weight excluding hydrogens is 277 g/mol. The number of thiazole rings is 1. The highest BCUT2D eigenvalue weighted by atomic mass is 32.1. The summed E-state index contributed by atoms with van der Waals surface area (Å²) in [4.78, 5) is 16.6. The van der Waals surface area contributed by atoms with Gasteiger partial charge in [-0.3, -0.25) is 4.79 Å². The summed E-state index contributed by atoms with van der Waals surface area (Å²) < 4.78 is 18.8. The van der Waals surface area contributed by atoms with E-state index in [0.29, 0.717) is 17.9 Å². The second kappa shape index (κ2) is 6.61. The second-order valence-electron chi connectivity index (χ2n) is 4.32. The first-order chi connectivity index (χ1) is 9.61. The van der Waals surface area contributed by atoms with Gasteiger partial charge in [0.05, 0.1) is 22.2 Å². The molecule has 0 saturated heterocycles. The van der Waals surface area contributed by atoms with Crippen LogP contribution in [0, 0.1) is 5.82 Å². The fraction of sp³-hybridized carbons (Fsp3) is 0.333. The van der Waals surface area contributed by atoms with Gasteiger partial charge in [-0.15, -0.1) is 11.3 Å². The monoisotopic (exact) mass is 293 g/mol. The molecule has 106 valence electrons. The molecule has 0 unspecified atom stereocenters. The second-order valence-corrected chi connectivity index (χ2v) is 5.41. The van der Waals surface area contributed by atoms with E-state index in [0.717, 1.165) is 17.1 Å². The number of carbonyl (C=O) groups excluding carboxylic acids is 1. The molecule has 0 N–H and O–H groups in total. The van der Waals surface area contributed by atoms with Gasteiger partial charge in [0.25, 0.3) is 0 Å². The van der Waals surface area contributed by atoms with Crippen LogP contribution in [0.3, 0.4) is 0 Å². The predicted octanol–water partition coefficient (Wildman–Crippen LogP) is 3.67. The Morgan fingerprint density at radius 1 is 1.40 bits per heavy atom. The number of ether oxygens (including phenoxy) is 1. The molecule has 5 heteroatoms. The van der Waals surface area contributed by atoms with Crippen molar-refractivity contribution in [3.8, 4) is 5.75 Å². The van der Waals surface area contributed by atoms with Gasteiger partial charge in [0.1, 0.15) is 0 Å². The van der Waals surface area contributed by atoms with Crippen LogP contribution in [0.1, 0.15) is 34.2 Å². The van der Waals surface area contributed by atoms with Gasteiger partial charge >= 0.3 is 0 Å². The van der Waals surface area contributed by atoms with Crippen LogP contribution in [0.4, 0.5) is 4.39 Å². The molecule has 0 saturated carbocycles. The van der Waals surface area contributed by atoms with Crippen molar-refractivity contribution in [1.82, 2.24) is 4.98 Å². The molecule has 0 aliphatic heterocycles. The molecule has 1 heterocycles. The van der Waals surface area contributed by atoms with Gasteiger partial charge in [0, 0.05) is 13.3 Å². The number of aryl methyl sites for hydroxylation is 1. The Balaban J connectivity index is 1.98. The Labute approximate surface area is 121 Å². The number of ketones is 1. The lowest BCUT2D eigenvalue weighted by Gasteiger charge is -2.05. The quantitative estimate of drug-likeness (QED) is 0.763. The minimum atomic E-state index is -0.370. The van der Waals surface area contributed by atoms with Gasteiger partial charge in [0.15, 0.2) is 17.3 Å². The molecule has 0 atom stereocenters. The normalized spacial score (nSPS) is 10.6. The van der Waals surface area contributed by atoms with Crippen LogP contribution in [0.5, 0.6) is 5.75 Å². The van der Waals surface area contributed by atoms with Crippen LogP contribution in [-0.2, 0) is 12.8 Å². The van der Waals surface area contributed by atoms with Gasteiger partial charge in [-0.2, -0.15) is 0 Å². The SMILES string of the molecule is CCc1nc(CCOc2ccccc2F)sc1C(C)=O. The van der Waals surface area contributed by atoms with E-state index in [9.17, 15) is 9.18 Å². The Hall–Kier alpha value is -1.75. The number of aromatic nitrogens is 1. The molecule has 0 fully saturated rings. The zero-order chi connectivity index (χ0) is 14.5. The topological polar surface area (TPSA) is 39.2 Å². The predicted molar refractivity (Wildman–Crippen MR) is 77.1 cm³/mol. The average Bonchev–Trinajstić information content (AvgIpc) is 2.84. The molecule has 2 aromatic rings. The summed E-state index contributed by atoms with van der Waals surface area (Å²) in [5.74, 6) is -0.0857. The Morgan fingerprint density at radius 2 is 2.15 bits per heavy atom. The molecule has 2 rings (SSSR count). The summed E-state index contributed by atoms with van der Waals surface area (Å²) in [6.07, 6.45) is 1.30. The lowest BCUT2D eigenvalue weighted by Crippen LogP contribution is -2.02. The third-order valence-corrected chi connectivity index (χ3v) is 4.06. The lowest BCUT2D eigenvalue weighted by molar-refractivity contribution is 0.102. The van der Waals surface area contributed by atoms with Crippen LogP contribution in [0.2, 0.25) is 0 Å².